The van der Waals surface area contributed by atoms with Gasteiger partial charge in [0.15, 0.2) is 11.4 Å². The van der Waals surface area contributed by atoms with Crippen molar-refractivity contribution in [3.05, 3.63) is 99.6 Å². The number of carbonyl (C=O) groups excluding carboxylic acids is 2. The average Bonchev–Trinajstić information content (AvgIpc) is 3.00. The van der Waals surface area contributed by atoms with E-state index in [1.165, 1.54) is 17.5 Å². The summed E-state index contributed by atoms with van der Waals surface area (Å²) in [7, 11) is 0. The zero-order chi connectivity index (χ0) is 22.3. The number of hydrogen-bond acceptors (Lipinski definition) is 3. The molecule has 1 heterocycles. The second-order valence-corrected chi connectivity index (χ2v) is 9.13. The number of nitrogens with zero attached hydrogens (tertiary/aromatic N) is 1. The van der Waals surface area contributed by atoms with Crippen molar-refractivity contribution < 1.29 is 14.7 Å². The molecule has 32 heavy (non-hydrogen) atoms. The molecule has 3 aromatic rings. The molecule has 5 heteroatoms. The maximum Gasteiger partial charge on any atom is 0.264 e. The normalized spacial score (nSPS) is 19.6. The number of aliphatic hydroxyl groups is 1. The summed E-state index contributed by atoms with van der Waals surface area (Å²) in [5.41, 5.74) is 2.99. The van der Waals surface area contributed by atoms with Gasteiger partial charge in [-0.2, -0.15) is 0 Å². The summed E-state index contributed by atoms with van der Waals surface area (Å²) < 4.78 is 0. The number of benzene rings is 3. The molecule has 0 fully saturated rings. The molecule has 4 nitrogen and oxygen atoms in total. The number of Topliss-reactive ketones (excluding diaryl/α,β-unsaturated/α-hetero) is 1. The summed E-state index contributed by atoms with van der Waals surface area (Å²) in [4.78, 5) is 28.3. The highest BCUT2D eigenvalue weighted by Gasteiger charge is 2.51. The van der Waals surface area contributed by atoms with Crippen molar-refractivity contribution in [2.75, 3.05) is 4.90 Å². The Kier molecular flexibility index (Phi) is 5.36. The fourth-order valence-electron chi connectivity index (χ4n) is 4.86. The summed E-state index contributed by atoms with van der Waals surface area (Å²) >= 11 is 6.21. The van der Waals surface area contributed by atoms with E-state index in [2.05, 4.69) is 0 Å². The van der Waals surface area contributed by atoms with Crippen LogP contribution < -0.4 is 4.90 Å². The van der Waals surface area contributed by atoms with Gasteiger partial charge < -0.3 is 10.0 Å². The standard InChI is InChI=1S/C27H24ClNO3/c28-22-12-13-24-23(15-22)27(32,26(31)29(24)17-18-6-2-1-3-7-18)16-25(30)21-11-10-19-8-4-5-9-20(19)14-21/h1-3,6-7,10-15,32H,4-5,8-9,16-17H2/t27-/m1/s1. The second kappa shape index (κ2) is 8.19. The maximum absolute atomic E-state index is 13.5. The smallest absolute Gasteiger partial charge is 0.264 e. The molecule has 1 aliphatic heterocycles. The van der Waals surface area contributed by atoms with E-state index in [-0.39, 0.29) is 12.2 Å². The van der Waals surface area contributed by atoms with Gasteiger partial charge in [0.25, 0.3) is 5.91 Å². The van der Waals surface area contributed by atoms with Crippen LogP contribution in [-0.2, 0) is 29.8 Å². The van der Waals surface area contributed by atoms with Crippen molar-refractivity contribution in [1.82, 2.24) is 0 Å². The predicted octanol–water partition coefficient (Wildman–Crippen LogP) is 5.23. The van der Waals surface area contributed by atoms with Crippen LogP contribution in [0.15, 0.2) is 66.7 Å². The summed E-state index contributed by atoms with van der Waals surface area (Å²) in [6.45, 7) is 0.309. The van der Waals surface area contributed by atoms with Crippen LogP contribution in [0.1, 0.15) is 51.9 Å². The van der Waals surface area contributed by atoms with Gasteiger partial charge >= 0.3 is 0 Å². The molecule has 0 bridgehead atoms. The zero-order valence-electron chi connectivity index (χ0n) is 17.7. The molecule has 1 amide bonds. The van der Waals surface area contributed by atoms with Gasteiger partial charge in [-0.3, -0.25) is 9.59 Å². The summed E-state index contributed by atoms with van der Waals surface area (Å²) in [6.07, 6.45) is 3.97. The second-order valence-electron chi connectivity index (χ2n) is 8.69. The fraction of sp³-hybridized carbons (Fsp3) is 0.259. The lowest BCUT2D eigenvalue weighted by Crippen LogP contribution is -2.41. The zero-order valence-corrected chi connectivity index (χ0v) is 18.4. The number of amides is 1. The highest BCUT2D eigenvalue weighted by molar-refractivity contribution is 6.31. The van der Waals surface area contributed by atoms with E-state index < -0.39 is 11.5 Å². The van der Waals surface area contributed by atoms with Crippen molar-refractivity contribution in [2.24, 2.45) is 0 Å². The first kappa shape index (κ1) is 20.9. The molecule has 5 rings (SSSR count). The number of hydrogen-bond donors (Lipinski definition) is 1. The predicted molar refractivity (Wildman–Crippen MR) is 125 cm³/mol. The van der Waals surface area contributed by atoms with Gasteiger partial charge in [0.05, 0.1) is 18.7 Å². The third-order valence-corrected chi connectivity index (χ3v) is 6.80. The monoisotopic (exact) mass is 445 g/mol. The SMILES string of the molecule is O=C(C[C@]1(O)C(=O)N(Cc2ccccc2)c2ccc(Cl)cc21)c1ccc2c(c1)CCCC2. The highest BCUT2D eigenvalue weighted by atomic mass is 35.5. The molecule has 0 saturated carbocycles. The topological polar surface area (TPSA) is 57.6 Å². The largest absolute Gasteiger partial charge is 0.375 e. The Morgan fingerprint density at radius 3 is 2.50 bits per heavy atom. The van der Waals surface area contributed by atoms with Crippen molar-refractivity contribution in [3.8, 4) is 0 Å². The van der Waals surface area contributed by atoms with E-state index in [9.17, 15) is 14.7 Å². The number of carbonyl (C=O) groups is 2. The molecule has 1 atom stereocenters. The van der Waals surface area contributed by atoms with Crippen LogP contribution in [0.4, 0.5) is 5.69 Å². The number of rotatable bonds is 5. The van der Waals surface area contributed by atoms with Crippen LogP contribution >= 0.6 is 11.6 Å². The number of halogens is 1. The first-order valence-electron chi connectivity index (χ1n) is 11.0. The van der Waals surface area contributed by atoms with Gasteiger partial charge in [0.2, 0.25) is 0 Å². The number of fused-ring (bicyclic) bond motifs is 2. The molecule has 162 valence electrons. The summed E-state index contributed by atoms with van der Waals surface area (Å²) in [5, 5.41) is 12.0. The van der Waals surface area contributed by atoms with Crippen molar-refractivity contribution in [3.63, 3.8) is 0 Å². The molecule has 1 aliphatic carbocycles. The molecule has 0 radical (unpaired) electrons. The Bertz CT molecular complexity index is 1210. The van der Waals surface area contributed by atoms with E-state index in [1.54, 1.807) is 23.1 Å². The molecule has 1 N–H and O–H groups in total. The van der Waals surface area contributed by atoms with E-state index in [4.69, 9.17) is 11.6 Å². The average molecular weight is 446 g/mol. The minimum atomic E-state index is -1.94. The molecule has 0 saturated heterocycles. The molecule has 2 aliphatic rings. The van der Waals surface area contributed by atoms with Gasteiger partial charge in [-0.15, -0.1) is 0 Å². The third-order valence-electron chi connectivity index (χ3n) is 6.56. The van der Waals surface area contributed by atoms with E-state index >= 15 is 0 Å². The lowest BCUT2D eigenvalue weighted by atomic mass is 9.85. The summed E-state index contributed by atoms with van der Waals surface area (Å²) in [5.74, 6) is -0.744. The molecular formula is C27H24ClNO3. The Hall–Kier alpha value is -2.95. The van der Waals surface area contributed by atoms with E-state index in [0.717, 1.165) is 24.8 Å². The number of aryl methyl sites for hydroxylation is 2. The third kappa shape index (κ3) is 3.64. The fourth-order valence-corrected chi connectivity index (χ4v) is 5.03. The molecule has 0 spiro atoms. The van der Waals surface area contributed by atoms with Crippen LogP contribution in [-0.4, -0.2) is 16.8 Å². The van der Waals surface area contributed by atoms with Crippen LogP contribution in [0, 0.1) is 0 Å². The molecule has 0 aromatic heterocycles. The minimum absolute atomic E-state index is 0.248. The summed E-state index contributed by atoms with van der Waals surface area (Å²) in [6, 6.07) is 20.4. The van der Waals surface area contributed by atoms with Crippen LogP contribution in [0.2, 0.25) is 5.02 Å². The Labute approximate surface area is 192 Å². The molecule has 0 unspecified atom stereocenters. The van der Waals surface area contributed by atoms with Gasteiger partial charge in [-0.05, 0) is 66.6 Å². The van der Waals surface area contributed by atoms with Crippen LogP contribution in [0.25, 0.3) is 0 Å². The first-order chi connectivity index (χ1) is 15.5. The Morgan fingerprint density at radius 2 is 1.72 bits per heavy atom. The first-order valence-corrected chi connectivity index (χ1v) is 11.4. The number of anilines is 1. The maximum atomic E-state index is 13.5. The number of ketones is 1. The van der Waals surface area contributed by atoms with Crippen molar-refractivity contribution in [2.45, 2.75) is 44.2 Å². The Morgan fingerprint density at radius 1 is 0.969 bits per heavy atom. The van der Waals surface area contributed by atoms with E-state index in [0.29, 0.717) is 28.4 Å². The van der Waals surface area contributed by atoms with Gasteiger partial charge in [-0.25, -0.2) is 0 Å². The van der Waals surface area contributed by atoms with E-state index in [1.807, 2.05) is 48.5 Å². The molecular weight excluding hydrogens is 422 g/mol. The van der Waals surface area contributed by atoms with Crippen LogP contribution in [0.5, 0.6) is 0 Å². The lowest BCUT2D eigenvalue weighted by molar-refractivity contribution is -0.136. The quantitative estimate of drug-likeness (QED) is 0.547. The van der Waals surface area contributed by atoms with Gasteiger partial charge in [0.1, 0.15) is 0 Å². The van der Waals surface area contributed by atoms with Gasteiger partial charge in [-0.1, -0.05) is 54.1 Å². The molecule has 3 aromatic carbocycles. The van der Waals surface area contributed by atoms with Crippen molar-refractivity contribution in [1.29, 1.82) is 0 Å². The minimum Gasteiger partial charge on any atom is -0.375 e. The van der Waals surface area contributed by atoms with Crippen molar-refractivity contribution >= 4 is 29.0 Å². The lowest BCUT2D eigenvalue weighted by Gasteiger charge is -2.23. The Balaban J connectivity index is 1.48. The van der Waals surface area contributed by atoms with Gasteiger partial charge in [0, 0.05) is 16.1 Å². The highest BCUT2D eigenvalue weighted by Crippen LogP contribution is 2.44. The van der Waals surface area contributed by atoms with Crippen LogP contribution in [0.3, 0.4) is 0 Å².